The zero-order valence-corrected chi connectivity index (χ0v) is 16.0. The number of hydrogen-bond donors (Lipinski definition) is 2. The van der Waals surface area contributed by atoms with E-state index in [9.17, 15) is 22.8 Å². The van der Waals surface area contributed by atoms with E-state index >= 15 is 0 Å². The highest BCUT2D eigenvalue weighted by atomic mass is 35.5. The molecule has 3 aromatic rings. The fourth-order valence-corrected chi connectivity index (χ4v) is 2.81. The van der Waals surface area contributed by atoms with Crippen molar-refractivity contribution in [2.75, 3.05) is 0 Å². The second kappa shape index (κ2) is 8.17. The highest BCUT2D eigenvalue weighted by molar-refractivity contribution is 6.30. The third-order valence-corrected chi connectivity index (χ3v) is 4.03. The van der Waals surface area contributed by atoms with Crippen LogP contribution in [0.15, 0.2) is 33.9 Å². The van der Waals surface area contributed by atoms with Gasteiger partial charge in [-0.25, -0.2) is 10.1 Å². The first kappa shape index (κ1) is 21.4. The van der Waals surface area contributed by atoms with E-state index in [0.717, 1.165) is 18.2 Å². The number of hydrogen-bond acceptors (Lipinski definition) is 6. The van der Waals surface area contributed by atoms with Crippen LogP contribution >= 0.6 is 23.2 Å². The quantitative estimate of drug-likeness (QED) is 0.618. The monoisotopic (exact) mass is 457 g/mol. The van der Waals surface area contributed by atoms with E-state index in [1.54, 1.807) is 6.07 Å². The van der Waals surface area contributed by atoms with Crippen LogP contribution < -0.4 is 15.9 Å². The van der Waals surface area contributed by atoms with Gasteiger partial charge >= 0.3 is 6.18 Å². The molecular weight excluding hydrogens is 450 g/mol. The minimum atomic E-state index is -5.06. The Morgan fingerprint density at radius 3 is 2.53 bits per heavy atom. The van der Waals surface area contributed by atoms with Crippen LogP contribution in [0.25, 0.3) is 0 Å². The number of H-pyrrole nitrogens is 2. The molecule has 1 aromatic carbocycles. The minimum absolute atomic E-state index is 0.0147. The lowest BCUT2D eigenvalue weighted by Gasteiger charge is -2.13. The van der Waals surface area contributed by atoms with E-state index in [0.29, 0.717) is 0 Å². The molecule has 0 spiro atoms. The predicted molar refractivity (Wildman–Crippen MR) is 98.8 cm³/mol. The van der Waals surface area contributed by atoms with Gasteiger partial charge in [-0.15, -0.1) is 0 Å². The fourth-order valence-electron chi connectivity index (χ4n) is 2.41. The Balaban J connectivity index is 2.08. The first-order valence-electron chi connectivity index (χ1n) is 7.90. The van der Waals surface area contributed by atoms with Crippen molar-refractivity contribution in [1.29, 1.82) is 5.26 Å². The minimum Gasteiger partial charge on any atom is -0.449 e. The molecule has 0 unspecified atom stereocenters. The fraction of sp³-hybridized carbons (Fsp3) is 0.118. The number of halogens is 5. The molecule has 13 heteroatoms. The van der Waals surface area contributed by atoms with Crippen LogP contribution in [0, 0.1) is 11.3 Å². The molecule has 0 amide bonds. The van der Waals surface area contributed by atoms with Crippen molar-refractivity contribution in [3.8, 4) is 17.6 Å². The molecule has 0 atom stereocenters. The molecule has 0 aliphatic rings. The second-order valence-corrected chi connectivity index (χ2v) is 6.62. The van der Waals surface area contributed by atoms with Gasteiger partial charge in [0.2, 0.25) is 5.75 Å². The number of nitriles is 1. The molecule has 0 aliphatic heterocycles. The highest BCUT2D eigenvalue weighted by Crippen LogP contribution is 2.35. The molecule has 0 fully saturated rings. The molecule has 2 N–H and O–H groups in total. The third kappa shape index (κ3) is 4.79. The summed E-state index contributed by atoms with van der Waals surface area (Å²) in [5.74, 6) is -1.85. The number of aromatic amines is 2. The Morgan fingerprint density at radius 2 is 1.87 bits per heavy atom. The molecule has 3 rings (SSSR count). The standard InChI is InChI=1S/C17H8Cl2F3N5O3/c18-9-1-7(6-23)2-10(5-9)30-13-14(17(20,21)22)24-12(25-16(13)29)4-8-3-11(19)26-27-15(8)28/h1-3,5H,4H2,(H,27,28)(H,24,25,29). The van der Waals surface area contributed by atoms with Crippen molar-refractivity contribution in [2.45, 2.75) is 12.6 Å². The first-order chi connectivity index (χ1) is 14.1. The van der Waals surface area contributed by atoms with Crippen LogP contribution in [0.3, 0.4) is 0 Å². The summed E-state index contributed by atoms with van der Waals surface area (Å²) in [6.07, 6.45) is -5.51. The Labute approximate surface area is 174 Å². The average molecular weight is 458 g/mol. The van der Waals surface area contributed by atoms with Crippen molar-refractivity contribution in [2.24, 2.45) is 0 Å². The average Bonchev–Trinajstić information content (AvgIpc) is 2.65. The number of nitrogens with zero attached hydrogens (tertiary/aromatic N) is 3. The molecule has 154 valence electrons. The lowest BCUT2D eigenvalue weighted by molar-refractivity contribution is -0.142. The highest BCUT2D eigenvalue weighted by Gasteiger charge is 2.39. The zero-order valence-electron chi connectivity index (χ0n) is 14.5. The molecule has 0 aliphatic carbocycles. The molecule has 0 saturated carbocycles. The van der Waals surface area contributed by atoms with E-state index in [2.05, 4.69) is 20.2 Å². The van der Waals surface area contributed by atoms with Gasteiger partial charge < -0.3 is 9.72 Å². The molecule has 0 bridgehead atoms. The smallest absolute Gasteiger partial charge is 0.437 e. The van der Waals surface area contributed by atoms with Gasteiger partial charge in [0.1, 0.15) is 16.7 Å². The molecule has 0 radical (unpaired) electrons. The largest absolute Gasteiger partial charge is 0.449 e. The number of rotatable bonds is 4. The van der Waals surface area contributed by atoms with E-state index in [4.69, 9.17) is 33.2 Å². The van der Waals surface area contributed by atoms with E-state index in [-0.39, 0.29) is 27.1 Å². The Kier molecular flexibility index (Phi) is 5.82. The predicted octanol–water partition coefficient (Wildman–Crippen LogP) is 3.43. The van der Waals surface area contributed by atoms with Crippen molar-refractivity contribution in [3.63, 3.8) is 0 Å². The maximum absolute atomic E-state index is 13.5. The van der Waals surface area contributed by atoms with Crippen LogP contribution in [0.1, 0.15) is 22.6 Å². The lowest BCUT2D eigenvalue weighted by Crippen LogP contribution is -2.23. The van der Waals surface area contributed by atoms with Gasteiger partial charge in [0.05, 0.1) is 11.6 Å². The summed E-state index contributed by atoms with van der Waals surface area (Å²) in [5.41, 5.74) is -3.62. The SMILES string of the molecule is N#Cc1cc(Cl)cc(Oc2c(C(F)(F)F)nc(Cc3cc(Cl)n[nH]c3=O)[nH]c2=O)c1. The van der Waals surface area contributed by atoms with Gasteiger partial charge in [-0.05, 0) is 24.3 Å². The number of benzene rings is 1. The second-order valence-electron chi connectivity index (χ2n) is 5.80. The normalized spacial score (nSPS) is 11.2. The Bertz CT molecular complexity index is 1280. The topological polar surface area (TPSA) is 125 Å². The molecule has 0 saturated heterocycles. The maximum atomic E-state index is 13.5. The Hall–Kier alpha value is -3.36. The summed E-state index contributed by atoms with van der Waals surface area (Å²) in [6.45, 7) is 0. The molecule has 30 heavy (non-hydrogen) atoms. The van der Waals surface area contributed by atoms with Crippen molar-refractivity contribution >= 4 is 23.2 Å². The van der Waals surface area contributed by atoms with Gasteiger partial charge in [-0.3, -0.25) is 9.59 Å². The van der Waals surface area contributed by atoms with Gasteiger partial charge in [0, 0.05) is 17.0 Å². The molecular formula is C17H8Cl2F3N5O3. The van der Waals surface area contributed by atoms with Gasteiger partial charge in [0.15, 0.2) is 5.69 Å². The zero-order chi connectivity index (χ0) is 22.1. The van der Waals surface area contributed by atoms with Crippen LogP contribution in [0.4, 0.5) is 13.2 Å². The maximum Gasteiger partial charge on any atom is 0.437 e. The van der Waals surface area contributed by atoms with Crippen LogP contribution in [0.2, 0.25) is 10.2 Å². The number of alkyl halides is 3. The summed E-state index contributed by atoms with van der Waals surface area (Å²) < 4.78 is 45.7. The Morgan fingerprint density at radius 1 is 1.13 bits per heavy atom. The summed E-state index contributed by atoms with van der Waals surface area (Å²) in [7, 11) is 0. The van der Waals surface area contributed by atoms with Crippen LogP contribution in [-0.4, -0.2) is 20.2 Å². The number of aromatic nitrogens is 4. The summed E-state index contributed by atoms with van der Waals surface area (Å²) >= 11 is 11.5. The third-order valence-electron chi connectivity index (χ3n) is 3.62. The summed E-state index contributed by atoms with van der Waals surface area (Å²) in [5, 5.41) is 14.4. The van der Waals surface area contributed by atoms with E-state index < -0.39 is 41.0 Å². The first-order valence-corrected chi connectivity index (χ1v) is 8.65. The van der Waals surface area contributed by atoms with Crippen LogP contribution in [-0.2, 0) is 12.6 Å². The van der Waals surface area contributed by atoms with Crippen molar-refractivity contribution < 1.29 is 17.9 Å². The van der Waals surface area contributed by atoms with Gasteiger partial charge in [-0.2, -0.15) is 23.5 Å². The van der Waals surface area contributed by atoms with Crippen molar-refractivity contribution in [3.05, 3.63) is 77.8 Å². The van der Waals surface area contributed by atoms with Crippen LogP contribution in [0.5, 0.6) is 11.5 Å². The van der Waals surface area contributed by atoms with Crippen molar-refractivity contribution in [1.82, 2.24) is 20.2 Å². The lowest BCUT2D eigenvalue weighted by atomic mass is 10.2. The molecule has 2 aromatic heterocycles. The van der Waals surface area contributed by atoms with E-state index in [1.807, 2.05) is 0 Å². The number of ether oxygens (including phenoxy) is 1. The molecule has 8 nitrogen and oxygen atoms in total. The van der Waals surface area contributed by atoms with Gasteiger partial charge in [0.25, 0.3) is 11.1 Å². The summed E-state index contributed by atoms with van der Waals surface area (Å²) in [6, 6.07) is 6.40. The number of nitrogens with one attached hydrogen (secondary N) is 2. The van der Waals surface area contributed by atoms with Gasteiger partial charge in [-0.1, -0.05) is 23.2 Å². The molecule has 2 heterocycles. The summed E-state index contributed by atoms with van der Waals surface area (Å²) in [4.78, 5) is 29.7. The van der Waals surface area contributed by atoms with E-state index in [1.165, 1.54) is 6.07 Å².